The lowest BCUT2D eigenvalue weighted by Crippen LogP contribution is -2.27. The molecule has 0 aromatic heterocycles. The normalized spacial score (nSPS) is 20.6. The molecule has 0 N–H and O–H groups in total. The van der Waals surface area contributed by atoms with Crippen LogP contribution in [0.3, 0.4) is 0 Å². The van der Waals surface area contributed by atoms with Gasteiger partial charge in [0.2, 0.25) is 0 Å². The zero-order valence-corrected chi connectivity index (χ0v) is 15.9. The summed E-state index contributed by atoms with van der Waals surface area (Å²) in [7, 11) is 0. The van der Waals surface area contributed by atoms with Crippen LogP contribution in [0.2, 0.25) is 0 Å². The van der Waals surface area contributed by atoms with E-state index in [4.69, 9.17) is 0 Å². The first-order chi connectivity index (χ1) is 11.9. The van der Waals surface area contributed by atoms with Crippen LogP contribution in [0.1, 0.15) is 95.1 Å². The van der Waals surface area contributed by atoms with Crippen molar-refractivity contribution in [2.75, 3.05) is 0 Å². The van der Waals surface area contributed by atoms with Gasteiger partial charge in [0.05, 0.1) is 0 Å². The highest BCUT2D eigenvalue weighted by molar-refractivity contribution is 5.22. The maximum atomic E-state index is 2.41. The second-order valence-electron chi connectivity index (χ2n) is 8.57. The van der Waals surface area contributed by atoms with Gasteiger partial charge in [-0.1, -0.05) is 102 Å². The first kappa shape index (κ1) is 18.0. The molecule has 2 fully saturated rings. The molecule has 0 radical (unpaired) electrons. The molecule has 24 heavy (non-hydrogen) atoms. The summed E-state index contributed by atoms with van der Waals surface area (Å²) in [6.07, 6.45) is 20.3. The third-order valence-electron chi connectivity index (χ3n) is 6.84. The van der Waals surface area contributed by atoms with Crippen LogP contribution < -0.4 is 0 Å². The molecule has 0 nitrogen and oxygen atoms in total. The highest BCUT2D eigenvalue weighted by Crippen LogP contribution is 2.42. The first-order valence-corrected chi connectivity index (χ1v) is 10.9. The summed E-state index contributed by atoms with van der Waals surface area (Å²) in [5.74, 6) is 3.10. The summed E-state index contributed by atoms with van der Waals surface area (Å²) in [6.45, 7) is 2.27. The van der Waals surface area contributed by atoms with Gasteiger partial charge < -0.3 is 0 Å². The maximum Gasteiger partial charge on any atom is -0.0276 e. The van der Waals surface area contributed by atoms with Gasteiger partial charge >= 0.3 is 0 Å². The minimum absolute atomic E-state index is 1.01. The number of hydrogen-bond acceptors (Lipinski definition) is 0. The molecule has 0 amide bonds. The number of hydrogen-bond donors (Lipinski definition) is 0. The van der Waals surface area contributed by atoms with Crippen molar-refractivity contribution in [1.82, 2.24) is 0 Å². The van der Waals surface area contributed by atoms with Gasteiger partial charge in [-0.3, -0.25) is 0 Å². The van der Waals surface area contributed by atoms with Crippen molar-refractivity contribution >= 4 is 0 Å². The molecular formula is C24H38. The van der Waals surface area contributed by atoms with Gasteiger partial charge in [-0.2, -0.15) is 0 Å². The minimum atomic E-state index is 1.01. The summed E-state index contributed by atoms with van der Waals surface area (Å²) in [5, 5.41) is 0. The van der Waals surface area contributed by atoms with E-state index in [-0.39, 0.29) is 0 Å². The maximum absolute atomic E-state index is 2.41. The highest BCUT2D eigenvalue weighted by atomic mass is 14.4. The lowest BCUT2D eigenvalue weighted by molar-refractivity contribution is 0.135. The molecule has 134 valence electrons. The van der Waals surface area contributed by atoms with Crippen LogP contribution in [0.5, 0.6) is 0 Å². The predicted molar refractivity (Wildman–Crippen MR) is 105 cm³/mol. The predicted octanol–water partition coefficient (Wildman–Crippen LogP) is 7.35. The van der Waals surface area contributed by atoms with Crippen molar-refractivity contribution in [1.29, 1.82) is 0 Å². The Balaban J connectivity index is 1.59. The van der Waals surface area contributed by atoms with Crippen molar-refractivity contribution in [3.8, 4) is 0 Å². The Morgan fingerprint density at radius 2 is 1.17 bits per heavy atom. The van der Waals surface area contributed by atoms with E-state index < -0.39 is 0 Å². The van der Waals surface area contributed by atoms with Crippen LogP contribution in [0.15, 0.2) is 24.3 Å². The largest absolute Gasteiger partial charge is 0.0651 e. The first-order valence-electron chi connectivity index (χ1n) is 10.9. The minimum Gasteiger partial charge on any atom is -0.0651 e. The Hall–Kier alpha value is -0.780. The van der Waals surface area contributed by atoms with Crippen molar-refractivity contribution in [3.05, 3.63) is 35.4 Å². The number of rotatable bonds is 7. The van der Waals surface area contributed by atoms with Crippen molar-refractivity contribution in [3.63, 3.8) is 0 Å². The molecule has 2 saturated carbocycles. The van der Waals surface area contributed by atoms with Gasteiger partial charge in [0.25, 0.3) is 0 Å². The molecule has 2 aliphatic carbocycles. The second-order valence-corrected chi connectivity index (χ2v) is 8.57. The topological polar surface area (TPSA) is 0 Å². The van der Waals surface area contributed by atoms with E-state index in [0.29, 0.717) is 0 Å². The van der Waals surface area contributed by atoms with Crippen molar-refractivity contribution < 1.29 is 0 Å². The molecule has 1 aromatic rings. The summed E-state index contributed by atoms with van der Waals surface area (Å²) in [6, 6.07) is 9.55. The summed E-state index contributed by atoms with van der Waals surface area (Å²) >= 11 is 0. The van der Waals surface area contributed by atoms with E-state index in [1.807, 2.05) is 0 Å². The van der Waals surface area contributed by atoms with Gasteiger partial charge in [-0.25, -0.2) is 0 Å². The van der Waals surface area contributed by atoms with E-state index in [0.717, 1.165) is 17.8 Å². The highest BCUT2D eigenvalue weighted by Gasteiger charge is 2.30. The molecule has 2 aliphatic rings. The fourth-order valence-electron chi connectivity index (χ4n) is 5.48. The smallest absolute Gasteiger partial charge is 0.0276 e. The average molecular weight is 327 g/mol. The van der Waals surface area contributed by atoms with Gasteiger partial charge in [0.1, 0.15) is 0 Å². The third-order valence-corrected chi connectivity index (χ3v) is 6.84. The molecule has 0 atom stereocenters. The van der Waals surface area contributed by atoms with Gasteiger partial charge in [-0.05, 0) is 48.1 Å². The standard InChI is InChI=1S/C24H38/c1-2-9-20-14-16-21(17-15-20)18-19-24(22-10-5-3-6-11-22)23-12-7-4-8-13-23/h14-17,22-24H,2-13,18-19H2,1H3. The Bertz CT molecular complexity index is 427. The van der Waals surface area contributed by atoms with Crippen LogP contribution in [0.25, 0.3) is 0 Å². The molecule has 0 spiro atoms. The van der Waals surface area contributed by atoms with Crippen LogP contribution in [0.4, 0.5) is 0 Å². The van der Waals surface area contributed by atoms with Crippen LogP contribution in [-0.2, 0) is 12.8 Å². The molecule has 3 rings (SSSR count). The third kappa shape index (κ3) is 5.11. The van der Waals surface area contributed by atoms with E-state index in [9.17, 15) is 0 Å². The molecule has 0 unspecified atom stereocenters. The van der Waals surface area contributed by atoms with Gasteiger partial charge in [0.15, 0.2) is 0 Å². The van der Waals surface area contributed by atoms with E-state index >= 15 is 0 Å². The van der Waals surface area contributed by atoms with E-state index in [1.165, 1.54) is 95.5 Å². The Morgan fingerprint density at radius 1 is 0.708 bits per heavy atom. The van der Waals surface area contributed by atoms with Crippen molar-refractivity contribution in [2.45, 2.75) is 96.8 Å². The summed E-state index contributed by atoms with van der Waals surface area (Å²) in [4.78, 5) is 0. The fraction of sp³-hybridized carbons (Fsp3) is 0.750. The van der Waals surface area contributed by atoms with E-state index in [2.05, 4.69) is 31.2 Å². The van der Waals surface area contributed by atoms with Crippen LogP contribution >= 0.6 is 0 Å². The lowest BCUT2D eigenvalue weighted by atomic mass is 9.68. The fourth-order valence-corrected chi connectivity index (χ4v) is 5.48. The Kier molecular flexibility index (Phi) is 7.24. The molecule has 0 aliphatic heterocycles. The Labute approximate surface area is 150 Å². The summed E-state index contributed by atoms with van der Waals surface area (Å²) in [5.41, 5.74) is 3.09. The second kappa shape index (κ2) is 9.64. The number of benzene rings is 1. The van der Waals surface area contributed by atoms with Gasteiger partial charge in [0, 0.05) is 0 Å². The molecule has 0 bridgehead atoms. The molecule has 0 heteroatoms. The van der Waals surface area contributed by atoms with E-state index in [1.54, 1.807) is 5.56 Å². The number of aryl methyl sites for hydroxylation is 2. The van der Waals surface area contributed by atoms with Crippen LogP contribution in [-0.4, -0.2) is 0 Å². The zero-order chi connectivity index (χ0) is 16.6. The summed E-state index contributed by atoms with van der Waals surface area (Å²) < 4.78 is 0. The van der Waals surface area contributed by atoms with Crippen molar-refractivity contribution in [2.24, 2.45) is 17.8 Å². The van der Waals surface area contributed by atoms with Gasteiger partial charge in [-0.15, -0.1) is 0 Å². The Morgan fingerprint density at radius 3 is 1.62 bits per heavy atom. The monoisotopic (exact) mass is 326 g/mol. The molecule has 0 saturated heterocycles. The lowest BCUT2D eigenvalue weighted by Gasteiger charge is -2.38. The zero-order valence-electron chi connectivity index (χ0n) is 15.9. The molecular weight excluding hydrogens is 288 g/mol. The quantitative estimate of drug-likeness (QED) is 0.491. The van der Waals surface area contributed by atoms with Crippen LogP contribution in [0, 0.1) is 17.8 Å². The SMILES string of the molecule is CCCc1ccc(CCC(C2CCCCC2)C2CCCCC2)cc1. The molecule has 1 aromatic carbocycles. The molecule has 0 heterocycles. The average Bonchev–Trinajstić information content (AvgIpc) is 2.65.